The van der Waals surface area contributed by atoms with E-state index in [2.05, 4.69) is 36.1 Å². The largest absolute Gasteiger partial charge is 0.478 e. The van der Waals surface area contributed by atoms with Crippen LogP contribution in [0.4, 0.5) is 5.95 Å². The Kier molecular flexibility index (Phi) is 3.64. The van der Waals surface area contributed by atoms with Gasteiger partial charge in [0.05, 0.1) is 11.1 Å². The minimum Gasteiger partial charge on any atom is -0.478 e. The van der Waals surface area contributed by atoms with E-state index in [0.717, 1.165) is 10.9 Å². The molecule has 0 aliphatic carbocycles. The van der Waals surface area contributed by atoms with Crippen LogP contribution in [0.3, 0.4) is 0 Å². The molecule has 0 spiro atoms. The van der Waals surface area contributed by atoms with Gasteiger partial charge in [-0.15, -0.1) is 0 Å². The molecule has 1 unspecified atom stereocenters. The van der Waals surface area contributed by atoms with Gasteiger partial charge in [0.25, 0.3) is 0 Å². The lowest BCUT2D eigenvalue weighted by atomic mass is 10.1. The molecule has 19 heavy (non-hydrogen) atoms. The molecule has 5 heteroatoms. The highest BCUT2D eigenvalue weighted by Gasteiger charge is 2.09. The molecule has 2 N–H and O–H groups in total. The van der Waals surface area contributed by atoms with Crippen molar-refractivity contribution in [3.8, 4) is 0 Å². The first kappa shape index (κ1) is 13.3. The summed E-state index contributed by atoms with van der Waals surface area (Å²) in [6.07, 6.45) is 1.64. The van der Waals surface area contributed by atoms with E-state index in [0.29, 0.717) is 11.9 Å². The van der Waals surface area contributed by atoms with E-state index in [1.165, 1.54) is 0 Å². The van der Waals surface area contributed by atoms with Crippen LogP contribution in [0, 0.1) is 5.92 Å². The maximum atomic E-state index is 10.9. The zero-order valence-electron chi connectivity index (χ0n) is 11.2. The first-order chi connectivity index (χ1) is 8.97. The Morgan fingerprint density at radius 1 is 1.32 bits per heavy atom. The summed E-state index contributed by atoms with van der Waals surface area (Å²) in [5.41, 5.74) is 0.978. The number of hydrogen-bond donors (Lipinski definition) is 2. The number of aromatic carboxylic acids is 1. The summed E-state index contributed by atoms with van der Waals surface area (Å²) in [5.74, 6) is 0.1000. The maximum absolute atomic E-state index is 10.9. The summed E-state index contributed by atoms with van der Waals surface area (Å²) in [6.45, 7) is 6.32. The summed E-state index contributed by atoms with van der Waals surface area (Å²) in [7, 11) is 0. The Hall–Kier alpha value is -2.17. The van der Waals surface area contributed by atoms with Crippen LogP contribution in [0.1, 0.15) is 31.1 Å². The molecule has 0 aliphatic rings. The third-order valence-electron chi connectivity index (χ3n) is 3.18. The van der Waals surface area contributed by atoms with Crippen LogP contribution < -0.4 is 5.32 Å². The maximum Gasteiger partial charge on any atom is 0.335 e. The second-order valence-corrected chi connectivity index (χ2v) is 4.95. The standard InChI is InChI=1S/C14H17N3O2/c1-8(2)9(3)16-14-15-7-11-6-10(13(18)19)4-5-12(11)17-14/h4-9H,1-3H3,(H,18,19)(H,15,16,17). The van der Waals surface area contributed by atoms with Crippen LogP contribution >= 0.6 is 0 Å². The average molecular weight is 259 g/mol. The van der Waals surface area contributed by atoms with Gasteiger partial charge >= 0.3 is 5.97 Å². The van der Waals surface area contributed by atoms with Crippen molar-refractivity contribution in [1.29, 1.82) is 0 Å². The number of nitrogens with zero attached hydrogens (tertiary/aromatic N) is 2. The Balaban J connectivity index is 2.31. The number of benzene rings is 1. The molecule has 0 fully saturated rings. The van der Waals surface area contributed by atoms with Crippen molar-refractivity contribution >= 4 is 22.8 Å². The third-order valence-corrected chi connectivity index (χ3v) is 3.18. The van der Waals surface area contributed by atoms with Crippen LogP contribution in [0.15, 0.2) is 24.4 Å². The molecular weight excluding hydrogens is 242 g/mol. The second kappa shape index (κ2) is 5.22. The van der Waals surface area contributed by atoms with E-state index in [1.807, 2.05) is 0 Å². The lowest BCUT2D eigenvalue weighted by molar-refractivity contribution is 0.0697. The molecule has 0 saturated heterocycles. The van der Waals surface area contributed by atoms with Crippen LogP contribution in [-0.2, 0) is 0 Å². The summed E-state index contributed by atoms with van der Waals surface area (Å²) in [6, 6.07) is 5.10. The van der Waals surface area contributed by atoms with Gasteiger partial charge in [-0.3, -0.25) is 0 Å². The third kappa shape index (κ3) is 2.99. The molecule has 2 aromatic rings. The van der Waals surface area contributed by atoms with E-state index in [-0.39, 0.29) is 11.6 Å². The van der Waals surface area contributed by atoms with Crippen molar-refractivity contribution in [3.05, 3.63) is 30.0 Å². The molecule has 1 aromatic carbocycles. The number of hydrogen-bond acceptors (Lipinski definition) is 4. The summed E-state index contributed by atoms with van der Waals surface area (Å²) >= 11 is 0. The summed E-state index contributed by atoms with van der Waals surface area (Å²) in [4.78, 5) is 19.5. The number of carbonyl (C=O) groups is 1. The Morgan fingerprint density at radius 3 is 2.68 bits per heavy atom. The predicted molar refractivity (Wildman–Crippen MR) is 74.4 cm³/mol. The lowest BCUT2D eigenvalue weighted by Crippen LogP contribution is -2.22. The van der Waals surface area contributed by atoms with Crippen molar-refractivity contribution in [2.45, 2.75) is 26.8 Å². The number of anilines is 1. The van der Waals surface area contributed by atoms with Crippen LogP contribution in [-0.4, -0.2) is 27.1 Å². The Bertz CT molecular complexity index is 611. The normalized spacial score (nSPS) is 12.6. The smallest absolute Gasteiger partial charge is 0.335 e. The molecule has 1 atom stereocenters. The lowest BCUT2D eigenvalue weighted by Gasteiger charge is -2.17. The van der Waals surface area contributed by atoms with E-state index >= 15 is 0 Å². The Labute approximate surface area is 111 Å². The van der Waals surface area contributed by atoms with Crippen molar-refractivity contribution in [3.63, 3.8) is 0 Å². The monoisotopic (exact) mass is 259 g/mol. The number of carboxylic acids is 1. The molecule has 0 bridgehead atoms. The summed E-state index contributed by atoms with van der Waals surface area (Å²) in [5, 5.41) is 12.9. The molecule has 1 heterocycles. The van der Waals surface area contributed by atoms with Gasteiger partial charge in [0.1, 0.15) is 0 Å². The van der Waals surface area contributed by atoms with E-state index < -0.39 is 5.97 Å². The van der Waals surface area contributed by atoms with Gasteiger partial charge in [-0.2, -0.15) is 0 Å². The minimum atomic E-state index is -0.947. The van der Waals surface area contributed by atoms with Crippen molar-refractivity contribution in [1.82, 2.24) is 9.97 Å². The molecule has 0 amide bonds. The molecular formula is C14H17N3O2. The fraction of sp³-hybridized carbons (Fsp3) is 0.357. The molecule has 2 rings (SSSR count). The van der Waals surface area contributed by atoms with Crippen molar-refractivity contribution < 1.29 is 9.90 Å². The van der Waals surface area contributed by atoms with Crippen molar-refractivity contribution in [2.75, 3.05) is 5.32 Å². The molecule has 0 saturated carbocycles. The van der Waals surface area contributed by atoms with Crippen molar-refractivity contribution in [2.24, 2.45) is 5.92 Å². The number of rotatable bonds is 4. The zero-order chi connectivity index (χ0) is 14.0. The van der Waals surface area contributed by atoms with Gasteiger partial charge in [-0.1, -0.05) is 13.8 Å². The van der Waals surface area contributed by atoms with Crippen LogP contribution in [0.5, 0.6) is 0 Å². The quantitative estimate of drug-likeness (QED) is 0.883. The second-order valence-electron chi connectivity index (χ2n) is 4.95. The molecule has 0 aliphatic heterocycles. The molecule has 100 valence electrons. The van der Waals surface area contributed by atoms with E-state index in [1.54, 1.807) is 24.4 Å². The van der Waals surface area contributed by atoms with E-state index in [4.69, 9.17) is 5.11 Å². The fourth-order valence-electron chi connectivity index (χ4n) is 1.61. The molecule has 1 aromatic heterocycles. The molecule has 5 nitrogen and oxygen atoms in total. The number of aromatic nitrogens is 2. The van der Waals surface area contributed by atoms with Crippen LogP contribution in [0.25, 0.3) is 10.9 Å². The topological polar surface area (TPSA) is 75.1 Å². The fourth-order valence-corrected chi connectivity index (χ4v) is 1.61. The SMILES string of the molecule is CC(C)C(C)Nc1ncc2cc(C(=O)O)ccc2n1. The van der Waals surface area contributed by atoms with Gasteiger partial charge in [0.2, 0.25) is 5.95 Å². The highest BCUT2D eigenvalue weighted by molar-refractivity contribution is 5.93. The van der Waals surface area contributed by atoms with Crippen LogP contribution in [0.2, 0.25) is 0 Å². The highest BCUT2D eigenvalue weighted by atomic mass is 16.4. The first-order valence-corrected chi connectivity index (χ1v) is 6.24. The molecule has 0 radical (unpaired) electrons. The van der Waals surface area contributed by atoms with Gasteiger partial charge in [0.15, 0.2) is 0 Å². The van der Waals surface area contributed by atoms with Gasteiger partial charge < -0.3 is 10.4 Å². The Morgan fingerprint density at radius 2 is 2.05 bits per heavy atom. The van der Waals surface area contributed by atoms with Gasteiger partial charge in [0, 0.05) is 17.6 Å². The predicted octanol–water partition coefficient (Wildman–Crippen LogP) is 2.78. The highest BCUT2D eigenvalue weighted by Crippen LogP contribution is 2.16. The van der Waals surface area contributed by atoms with E-state index in [9.17, 15) is 4.79 Å². The minimum absolute atomic E-state index is 0.243. The summed E-state index contributed by atoms with van der Waals surface area (Å²) < 4.78 is 0. The number of carboxylic acid groups (broad SMARTS) is 1. The average Bonchev–Trinajstić information content (AvgIpc) is 2.37. The number of nitrogens with one attached hydrogen (secondary N) is 1. The number of fused-ring (bicyclic) bond motifs is 1. The van der Waals surface area contributed by atoms with Gasteiger partial charge in [-0.25, -0.2) is 14.8 Å². The first-order valence-electron chi connectivity index (χ1n) is 6.24. The zero-order valence-corrected chi connectivity index (χ0v) is 11.2. The van der Waals surface area contributed by atoms with Gasteiger partial charge in [-0.05, 0) is 31.0 Å².